The summed E-state index contributed by atoms with van der Waals surface area (Å²) in [7, 11) is 0. The Labute approximate surface area is 190 Å². The highest BCUT2D eigenvalue weighted by Gasteiger charge is 2.22. The Morgan fingerprint density at radius 2 is 1.50 bits per heavy atom. The van der Waals surface area contributed by atoms with E-state index < -0.39 is 42.7 Å². The van der Waals surface area contributed by atoms with Gasteiger partial charge in [-0.15, -0.1) is 0 Å². The van der Waals surface area contributed by atoms with E-state index in [9.17, 15) is 19.2 Å². The summed E-state index contributed by atoms with van der Waals surface area (Å²) < 4.78 is 0. The Morgan fingerprint density at radius 3 is 1.75 bits per heavy atom. The highest BCUT2D eigenvalue weighted by Crippen LogP contribution is 2.27. The van der Waals surface area contributed by atoms with Gasteiger partial charge in [0.15, 0.2) is 6.10 Å². The number of aliphatic hydroxyl groups excluding tert-OH is 3. The average Bonchev–Trinajstić information content (AvgIpc) is 2.72. The molecule has 0 radical (unpaired) electrons. The van der Waals surface area contributed by atoms with E-state index in [0.717, 1.165) is 19.3 Å². The van der Waals surface area contributed by atoms with E-state index in [1.54, 1.807) is 0 Å². The van der Waals surface area contributed by atoms with Gasteiger partial charge in [0, 0.05) is 11.5 Å². The zero-order valence-electron chi connectivity index (χ0n) is 18.2. The van der Waals surface area contributed by atoms with Crippen molar-refractivity contribution in [3.05, 3.63) is 11.6 Å². The van der Waals surface area contributed by atoms with Crippen molar-refractivity contribution < 1.29 is 54.9 Å². The first kappa shape index (κ1) is 32.0. The van der Waals surface area contributed by atoms with Crippen molar-refractivity contribution in [1.82, 2.24) is 0 Å². The van der Waals surface area contributed by atoms with Gasteiger partial charge in [-0.1, -0.05) is 25.5 Å². The summed E-state index contributed by atoms with van der Waals surface area (Å²) in [6.45, 7) is 3.56. The molecule has 0 saturated heterocycles. The van der Waals surface area contributed by atoms with E-state index in [1.165, 1.54) is 17.3 Å². The van der Waals surface area contributed by atoms with Crippen molar-refractivity contribution in [1.29, 1.82) is 0 Å². The molecular weight excluding hydrogens is 448 g/mol. The minimum atomic E-state index is -1.89. The van der Waals surface area contributed by atoms with Gasteiger partial charge in [0.1, 0.15) is 6.10 Å². The summed E-state index contributed by atoms with van der Waals surface area (Å²) >= 11 is 1.35. The fourth-order valence-electron chi connectivity index (χ4n) is 2.29. The molecule has 0 fully saturated rings. The van der Waals surface area contributed by atoms with Gasteiger partial charge in [0.05, 0.1) is 25.4 Å². The number of aliphatic carboxylic acids is 4. The van der Waals surface area contributed by atoms with Crippen LogP contribution in [0.1, 0.15) is 46.0 Å². The Balaban J connectivity index is 0. The zero-order chi connectivity index (χ0) is 25.3. The maximum atomic E-state index is 10.6. The maximum absolute atomic E-state index is 10.6. The largest absolute Gasteiger partial charge is 0.481 e. The lowest BCUT2D eigenvalue weighted by Crippen LogP contribution is -2.36. The molecule has 0 bridgehead atoms. The third kappa shape index (κ3) is 17.5. The number of allylic oxidation sites excluding steroid dienone is 2. The first-order chi connectivity index (χ1) is 14.8. The van der Waals surface area contributed by atoms with Crippen LogP contribution in [0.2, 0.25) is 0 Å². The van der Waals surface area contributed by atoms with Crippen LogP contribution in [-0.2, 0) is 19.2 Å². The molecule has 0 heterocycles. The highest BCUT2D eigenvalue weighted by molar-refractivity contribution is 7.99. The predicted octanol–water partition coefficient (Wildman–Crippen LogP) is 0.908. The topological polar surface area (TPSA) is 210 Å². The number of aliphatic hydroxyl groups is 3. The van der Waals surface area contributed by atoms with Crippen molar-refractivity contribution in [3.8, 4) is 0 Å². The molecule has 3 atom stereocenters. The van der Waals surface area contributed by atoms with E-state index in [-0.39, 0.29) is 18.8 Å². The molecule has 32 heavy (non-hydrogen) atoms. The van der Waals surface area contributed by atoms with Gasteiger partial charge in [0.25, 0.3) is 0 Å². The lowest BCUT2D eigenvalue weighted by Gasteiger charge is -2.20. The molecule has 0 aromatic carbocycles. The Bertz CT molecular complexity index is 603. The average molecular weight is 483 g/mol. The fraction of sp³-hybridized carbons (Fsp3) is 0.700. The number of carboxylic acid groups (broad SMARTS) is 4. The third-order valence-electron chi connectivity index (χ3n) is 4.26. The second-order valence-electron chi connectivity index (χ2n) is 7.18. The van der Waals surface area contributed by atoms with Gasteiger partial charge in [-0.2, -0.15) is 11.8 Å². The van der Waals surface area contributed by atoms with Crippen molar-refractivity contribution in [2.45, 2.75) is 58.2 Å². The molecule has 0 aromatic rings. The zero-order valence-corrected chi connectivity index (χ0v) is 19.0. The van der Waals surface area contributed by atoms with Crippen molar-refractivity contribution in [2.75, 3.05) is 18.1 Å². The van der Waals surface area contributed by atoms with Gasteiger partial charge in [-0.05, 0) is 25.2 Å². The molecule has 1 aliphatic rings. The van der Waals surface area contributed by atoms with Crippen molar-refractivity contribution >= 4 is 35.6 Å². The van der Waals surface area contributed by atoms with E-state index in [2.05, 4.69) is 19.9 Å². The monoisotopic (exact) mass is 482 g/mol. The Morgan fingerprint density at radius 1 is 1.00 bits per heavy atom. The van der Waals surface area contributed by atoms with Crippen LogP contribution in [0.4, 0.5) is 0 Å². The lowest BCUT2D eigenvalue weighted by atomic mass is 9.85. The van der Waals surface area contributed by atoms with E-state index >= 15 is 0 Å². The van der Waals surface area contributed by atoms with Crippen LogP contribution in [0.25, 0.3) is 0 Å². The summed E-state index contributed by atoms with van der Waals surface area (Å²) in [6.07, 6.45) is 1.33. The van der Waals surface area contributed by atoms with Crippen LogP contribution in [0, 0.1) is 11.8 Å². The van der Waals surface area contributed by atoms with Gasteiger partial charge in [-0.3, -0.25) is 14.4 Å². The first-order valence-electron chi connectivity index (χ1n) is 9.96. The minimum absolute atomic E-state index is 0.101. The summed E-state index contributed by atoms with van der Waals surface area (Å²) in [6, 6.07) is 0. The second-order valence-corrected chi connectivity index (χ2v) is 8.40. The minimum Gasteiger partial charge on any atom is -0.481 e. The smallest absolute Gasteiger partial charge is 0.335 e. The number of hydrogen-bond donors (Lipinski definition) is 7. The summed E-state index contributed by atoms with van der Waals surface area (Å²) in [5, 5.41) is 58.0. The van der Waals surface area contributed by atoms with E-state index in [1.807, 2.05) is 0 Å². The normalized spacial score (nSPS) is 16.9. The number of rotatable bonds is 11. The Kier molecular flexibility index (Phi) is 18.4. The van der Waals surface area contributed by atoms with Gasteiger partial charge < -0.3 is 35.7 Å². The predicted molar refractivity (Wildman–Crippen MR) is 116 cm³/mol. The second kappa shape index (κ2) is 18.4. The molecule has 0 aliphatic heterocycles. The van der Waals surface area contributed by atoms with Crippen LogP contribution in [0.15, 0.2) is 11.6 Å². The molecule has 12 heteroatoms. The quantitative estimate of drug-likeness (QED) is 0.162. The molecular formula is C20H34O11S. The lowest BCUT2D eigenvalue weighted by molar-refractivity contribution is -0.154. The number of carboxylic acids is 4. The van der Waals surface area contributed by atoms with Crippen LogP contribution in [0.3, 0.4) is 0 Å². The van der Waals surface area contributed by atoms with Crippen LogP contribution >= 0.6 is 11.8 Å². The van der Waals surface area contributed by atoms with E-state index in [4.69, 9.17) is 35.7 Å². The summed E-state index contributed by atoms with van der Waals surface area (Å²) in [4.78, 5) is 40.3. The van der Waals surface area contributed by atoms with Crippen LogP contribution < -0.4 is 0 Å². The molecule has 1 rings (SSSR count). The molecule has 0 spiro atoms. The number of thioether (sulfide) groups is 1. The van der Waals surface area contributed by atoms with Crippen LogP contribution in [-0.4, -0.2) is 89.9 Å². The summed E-state index contributed by atoms with van der Waals surface area (Å²) in [5.41, 5.74) is 1.42. The first-order valence-corrected chi connectivity index (χ1v) is 11.1. The van der Waals surface area contributed by atoms with Crippen molar-refractivity contribution in [3.63, 3.8) is 0 Å². The molecule has 0 aromatic heterocycles. The van der Waals surface area contributed by atoms with Crippen LogP contribution in [0.5, 0.6) is 0 Å². The standard InChI is InChI=1S/C10H16O2.C6H10O4S.C4H8O5/c1-7(2)8-3-5-9(6-4-8)10(11)12;7-5(8)1-3-11-4-2-6(9)10;5-1-2(6)3(7)4(8)9/h3,7,9H,4-6H2,1-2H3,(H,11,12);1-4H2,(H,7,8)(H,9,10);2-3,5-7H,1H2,(H,8,9)/t;;2-,3+/m..0/s1. The maximum Gasteiger partial charge on any atom is 0.335 e. The highest BCUT2D eigenvalue weighted by atomic mass is 32.2. The number of carbonyl (C=O) groups is 4. The van der Waals surface area contributed by atoms with Gasteiger partial charge >= 0.3 is 23.9 Å². The van der Waals surface area contributed by atoms with Crippen molar-refractivity contribution in [2.24, 2.45) is 11.8 Å². The van der Waals surface area contributed by atoms with Gasteiger partial charge in [0.2, 0.25) is 0 Å². The molecule has 0 amide bonds. The SMILES string of the molecule is CC(C)C1=CCC(C(=O)O)CC1.O=C(O)CCSCCC(=O)O.O=C(O)[C@H](O)[C@@H](O)CO. The van der Waals surface area contributed by atoms with Gasteiger partial charge in [-0.25, -0.2) is 4.79 Å². The van der Waals surface area contributed by atoms with E-state index in [0.29, 0.717) is 17.4 Å². The summed E-state index contributed by atoms with van der Waals surface area (Å²) in [5.74, 6) is -2.44. The molecule has 1 aliphatic carbocycles. The molecule has 11 nitrogen and oxygen atoms in total. The fourth-order valence-corrected chi connectivity index (χ4v) is 3.13. The third-order valence-corrected chi connectivity index (χ3v) is 5.25. The molecule has 0 saturated carbocycles. The molecule has 7 N–H and O–H groups in total. The number of hydrogen-bond acceptors (Lipinski definition) is 8. The molecule has 1 unspecified atom stereocenters. The Hall–Kier alpha value is -2.15. The molecule has 186 valence electrons.